The van der Waals surface area contributed by atoms with E-state index in [1.807, 2.05) is 43.3 Å². The van der Waals surface area contributed by atoms with E-state index >= 15 is 0 Å². The molecule has 4 aliphatic rings. The van der Waals surface area contributed by atoms with E-state index in [9.17, 15) is 9.59 Å². The molecule has 0 spiro atoms. The second kappa shape index (κ2) is 6.59. The minimum Gasteiger partial charge on any atom is -0.493 e. The topological polar surface area (TPSA) is 59.0 Å². The molecule has 142 valence electrons. The van der Waals surface area contributed by atoms with Crippen molar-refractivity contribution in [2.75, 3.05) is 6.61 Å². The van der Waals surface area contributed by atoms with Gasteiger partial charge < -0.3 is 4.74 Å². The summed E-state index contributed by atoms with van der Waals surface area (Å²) in [5.41, 5.74) is 0.788. The molecule has 1 saturated carbocycles. The summed E-state index contributed by atoms with van der Waals surface area (Å²) in [6.07, 6.45) is 7.81. The van der Waals surface area contributed by atoms with Gasteiger partial charge in [-0.15, -0.1) is 0 Å². The lowest BCUT2D eigenvalue weighted by atomic mass is 9.63. The highest BCUT2D eigenvalue weighted by atomic mass is 16.5. The Morgan fingerprint density at radius 3 is 2.36 bits per heavy atom. The first-order valence-electron chi connectivity index (χ1n) is 9.93. The number of carbonyl (C=O) groups excluding carboxylic acids is 2. The molecule has 0 radical (unpaired) electrons. The molecule has 1 saturated heterocycles. The monoisotopic (exact) mass is 374 g/mol. The van der Waals surface area contributed by atoms with Crippen LogP contribution in [-0.2, 0) is 9.59 Å². The summed E-state index contributed by atoms with van der Waals surface area (Å²) in [6.45, 7) is 2.46. The van der Waals surface area contributed by atoms with Crippen LogP contribution >= 0.6 is 0 Å². The molecule has 6 rings (SSSR count). The van der Waals surface area contributed by atoms with Gasteiger partial charge in [0.15, 0.2) is 0 Å². The van der Waals surface area contributed by atoms with Gasteiger partial charge in [-0.1, -0.05) is 42.5 Å². The first-order chi connectivity index (χ1) is 13.7. The number of ether oxygens (including phenoxy) is 1. The van der Waals surface area contributed by atoms with Crippen LogP contribution in [0.4, 0.5) is 0 Å². The van der Waals surface area contributed by atoms with Gasteiger partial charge in [-0.25, -0.2) is 0 Å². The predicted octanol–water partition coefficient (Wildman–Crippen LogP) is 3.77. The van der Waals surface area contributed by atoms with Crippen LogP contribution in [0.2, 0.25) is 0 Å². The minimum atomic E-state index is -0.243. The Morgan fingerprint density at radius 1 is 1.04 bits per heavy atom. The van der Waals surface area contributed by atoms with E-state index in [1.165, 1.54) is 0 Å². The third-order valence-electron chi connectivity index (χ3n) is 6.27. The summed E-state index contributed by atoms with van der Waals surface area (Å²) in [6, 6.07) is 11.9. The van der Waals surface area contributed by atoms with Gasteiger partial charge in [-0.2, -0.15) is 10.1 Å². The van der Waals surface area contributed by atoms with Crippen molar-refractivity contribution in [3.8, 4) is 5.75 Å². The maximum atomic E-state index is 13.0. The van der Waals surface area contributed by atoms with Gasteiger partial charge in [0, 0.05) is 5.56 Å². The van der Waals surface area contributed by atoms with Gasteiger partial charge in [0.1, 0.15) is 5.75 Å². The summed E-state index contributed by atoms with van der Waals surface area (Å²) < 4.78 is 5.76. The number of carbonyl (C=O) groups is 2. The maximum absolute atomic E-state index is 13.0. The fourth-order valence-electron chi connectivity index (χ4n) is 4.98. The Labute approximate surface area is 163 Å². The first-order valence-corrected chi connectivity index (χ1v) is 9.93. The number of allylic oxidation sites excluding steroid dienone is 2. The fourth-order valence-corrected chi connectivity index (χ4v) is 4.98. The number of fused-ring (bicyclic) bond motifs is 2. The van der Waals surface area contributed by atoms with E-state index in [-0.39, 0.29) is 35.5 Å². The molecule has 2 aromatic rings. The number of hydrogen-bond acceptors (Lipinski definition) is 4. The van der Waals surface area contributed by atoms with E-state index in [0.717, 1.165) is 34.2 Å². The standard InChI is InChI=1S/C23H22N2O3/c1-2-28-19-12-11-14-5-3-4-6-17(14)18(19)13-24-25-22(26)20-15-7-8-16(10-9-15)21(20)23(25)27/h3-8,11-13,15-16,20-21H,2,9-10H2,1H3/b24-13-. The second-order valence-electron chi connectivity index (χ2n) is 7.71. The molecule has 2 aromatic carbocycles. The molecule has 2 fully saturated rings. The first kappa shape index (κ1) is 17.2. The number of hydrogen-bond donors (Lipinski definition) is 0. The summed E-state index contributed by atoms with van der Waals surface area (Å²) in [4.78, 5) is 25.9. The van der Waals surface area contributed by atoms with Gasteiger partial charge in [0.25, 0.3) is 11.8 Å². The Balaban J connectivity index is 1.52. The number of imide groups is 1. The largest absolute Gasteiger partial charge is 0.493 e. The number of nitrogens with zero attached hydrogens (tertiary/aromatic N) is 2. The molecular weight excluding hydrogens is 352 g/mol. The lowest BCUT2D eigenvalue weighted by molar-refractivity contribution is -0.140. The van der Waals surface area contributed by atoms with E-state index < -0.39 is 0 Å². The predicted molar refractivity (Wildman–Crippen MR) is 107 cm³/mol. The molecule has 2 bridgehead atoms. The van der Waals surface area contributed by atoms with Gasteiger partial charge in [-0.05, 0) is 48.4 Å². The Hall–Kier alpha value is -2.95. The molecular formula is C23H22N2O3. The van der Waals surface area contributed by atoms with Gasteiger partial charge in [0.2, 0.25) is 0 Å². The van der Waals surface area contributed by atoms with E-state index in [1.54, 1.807) is 6.21 Å². The van der Waals surface area contributed by atoms with Crippen LogP contribution in [0.25, 0.3) is 10.8 Å². The van der Waals surface area contributed by atoms with Gasteiger partial charge in [0.05, 0.1) is 24.7 Å². The van der Waals surface area contributed by atoms with Crippen LogP contribution in [0, 0.1) is 23.7 Å². The Bertz CT molecular complexity index is 994. The van der Waals surface area contributed by atoms with Crippen molar-refractivity contribution in [2.24, 2.45) is 28.8 Å². The van der Waals surface area contributed by atoms with Crippen LogP contribution in [0.1, 0.15) is 25.3 Å². The molecule has 5 heteroatoms. The van der Waals surface area contributed by atoms with Crippen molar-refractivity contribution in [1.29, 1.82) is 0 Å². The zero-order chi connectivity index (χ0) is 19.3. The van der Waals surface area contributed by atoms with Crippen molar-refractivity contribution in [3.63, 3.8) is 0 Å². The number of amides is 2. The van der Waals surface area contributed by atoms with Crippen LogP contribution in [0.5, 0.6) is 5.75 Å². The summed E-state index contributed by atoms with van der Waals surface area (Å²) in [5, 5.41) is 7.51. The quantitative estimate of drug-likeness (QED) is 0.465. The van der Waals surface area contributed by atoms with Crippen molar-refractivity contribution >= 4 is 28.8 Å². The van der Waals surface area contributed by atoms with Crippen LogP contribution in [-0.4, -0.2) is 29.6 Å². The van der Waals surface area contributed by atoms with Crippen LogP contribution in [0.3, 0.4) is 0 Å². The van der Waals surface area contributed by atoms with Gasteiger partial charge >= 0.3 is 0 Å². The molecule has 4 unspecified atom stereocenters. The molecule has 4 atom stereocenters. The Kier molecular flexibility index (Phi) is 4.04. The van der Waals surface area contributed by atoms with Gasteiger partial charge in [-0.3, -0.25) is 9.59 Å². The highest BCUT2D eigenvalue weighted by Crippen LogP contribution is 2.49. The van der Waals surface area contributed by atoms with E-state index in [2.05, 4.69) is 17.3 Å². The van der Waals surface area contributed by atoms with Crippen molar-refractivity contribution in [2.45, 2.75) is 19.8 Å². The third-order valence-corrected chi connectivity index (χ3v) is 6.27. The average Bonchev–Trinajstić information content (AvgIpc) is 3.00. The van der Waals surface area contributed by atoms with Crippen molar-refractivity contribution < 1.29 is 14.3 Å². The van der Waals surface area contributed by atoms with Crippen molar-refractivity contribution in [1.82, 2.24) is 5.01 Å². The molecule has 5 nitrogen and oxygen atoms in total. The van der Waals surface area contributed by atoms with Crippen LogP contribution < -0.4 is 4.74 Å². The lowest BCUT2D eigenvalue weighted by Gasteiger charge is -2.37. The minimum absolute atomic E-state index is 0.163. The molecule has 1 aliphatic heterocycles. The highest BCUT2D eigenvalue weighted by Gasteiger charge is 2.56. The molecule has 2 amide bonds. The highest BCUT2D eigenvalue weighted by molar-refractivity contribution is 6.08. The maximum Gasteiger partial charge on any atom is 0.254 e. The number of rotatable bonds is 4. The molecule has 1 heterocycles. The summed E-state index contributed by atoms with van der Waals surface area (Å²) in [5.74, 6) is 0.223. The zero-order valence-corrected chi connectivity index (χ0v) is 15.7. The Morgan fingerprint density at radius 2 is 1.71 bits per heavy atom. The van der Waals surface area contributed by atoms with E-state index in [0.29, 0.717) is 12.4 Å². The van der Waals surface area contributed by atoms with Crippen LogP contribution in [0.15, 0.2) is 53.7 Å². The third kappa shape index (κ3) is 2.49. The zero-order valence-electron chi connectivity index (χ0n) is 15.7. The SMILES string of the molecule is CCOc1ccc2ccccc2c1/C=N\N1C(=O)C2C3C=CC(CC3)C2C1=O. The number of benzene rings is 2. The molecule has 28 heavy (non-hydrogen) atoms. The second-order valence-corrected chi connectivity index (χ2v) is 7.71. The average molecular weight is 374 g/mol. The molecule has 0 N–H and O–H groups in total. The normalized spacial score (nSPS) is 28.5. The number of hydrazone groups is 1. The van der Waals surface area contributed by atoms with E-state index in [4.69, 9.17) is 4.74 Å². The van der Waals surface area contributed by atoms with Crippen molar-refractivity contribution in [3.05, 3.63) is 54.1 Å². The smallest absolute Gasteiger partial charge is 0.254 e. The molecule has 3 aliphatic carbocycles. The molecule has 0 aromatic heterocycles. The summed E-state index contributed by atoms with van der Waals surface area (Å²) in [7, 11) is 0. The lowest BCUT2D eigenvalue weighted by Crippen LogP contribution is -2.38. The fraction of sp³-hybridized carbons (Fsp3) is 0.348. The summed E-state index contributed by atoms with van der Waals surface area (Å²) >= 11 is 0.